The molecule has 5 heteroatoms. The van der Waals surface area contributed by atoms with Crippen LogP contribution in [-0.2, 0) is 19.5 Å². The fourth-order valence-electron chi connectivity index (χ4n) is 4.82. The fraction of sp³-hybridized carbons (Fsp3) is 0.375. The summed E-state index contributed by atoms with van der Waals surface area (Å²) in [4.78, 5) is 2.61. The van der Waals surface area contributed by atoms with Gasteiger partial charge in [-0.15, -0.1) is 0 Å². The first kappa shape index (κ1) is 18.4. The van der Waals surface area contributed by atoms with Crippen LogP contribution in [0.4, 0.5) is 0 Å². The van der Waals surface area contributed by atoms with E-state index in [2.05, 4.69) is 68.3 Å². The lowest BCUT2D eigenvalue weighted by atomic mass is 9.90. The van der Waals surface area contributed by atoms with E-state index in [9.17, 15) is 5.11 Å². The molecule has 0 aliphatic carbocycles. The second kappa shape index (κ2) is 8.01. The van der Waals surface area contributed by atoms with Crippen LogP contribution in [0.5, 0.6) is 0 Å². The summed E-state index contributed by atoms with van der Waals surface area (Å²) in [6.07, 6.45) is 7.70. The zero-order valence-corrected chi connectivity index (χ0v) is 16.7. The van der Waals surface area contributed by atoms with Gasteiger partial charge < -0.3 is 9.67 Å². The van der Waals surface area contributed by atoms with E-state index in [-0.39, 0.29) is 6.61 Å². The number of H-pyrrole nitrogens is 1. The van der Waals surface area contributed by atoms with Crippen LogP contribution in [0.3, 0.4) is 0 Å². The number of aromatic nitrogens is 3. The lowest BCUT2D eigenvalue weighted by Gasteiger charge is -2.33. The van der Waals surface area contributed by atoms with Crippen LogP contribution in [0.15, 0.2) is 54.9 Å². The number of rotatable bonds is 6. The molecule has 3 heterocycles. The van der Waals surface area contributed by atoms with E-state index in [0.29, 0.717) is 12.5 Å². The van der Waals surface area contributed by atoms with E-state index in [1.165, 1.54) is 46.8 Å². The second-order valence-electron chi connectivity index (χ2n) is 8.37. The van der Waals surface area contributed by atoms with Gasteiger partial charge in [0.25, 0.3) is 0 Å². The monoisotopic (exact) mass is 388 g/mol. The van der Waals surface area contributed by atoms with Crippen molar-refractivity contribution < 1.29 is 5.11 Å². The van der Waals surface area contributed by atoms with E-state index in [1.807, 2.05) is 6.20 Å². The standard InChI is InChI=1S/C24H28N4O/c29-11-10-28-9-7-21-14-20(4-6-24(21)28)17-27-8-1-2-19(16-27)12-18-3-5-23-22(13-18)15-25-26-23/h3-7,9,13-15,19,29H,1-2,8,10-12,16-17H2,(H,25,26)/t19-/m0/s1. The van der Waals surface area contributed by atoms with Gasteiger partial charge in [-0.3, -0.25) is 10.00 Å². The summed E-state index contributed by atoms with van der Waals surface area (Å²) in [7, 11) is 0. The minimum Gasteiger partial charge on any atom is -0.395 e. The zero-order valence-electron chi connectivity index (χ0n) is 16.7. The first-order chi connectivity index (χ1) is 14.3. The molecular formula is C24H28N4O. The fourth-order valence-corrected chi connectivity index (χ4v) is 4.82. The van der Waals surface area contributed by atoms with E-state index in [4.69, 9.17) is 0 Å². The molecule has 1 saturated heterocycles. The molecule has 5 rings (SSSR count). The molecule has 1 fully saturated rings. The molecule has 29 heavy (non-hydrogen) atoms. The Bertz CT molecular complexity index is 1110. The van der Waals surface area contributed by atoms with Crippen molar-refractivity contribution in [1.29, 1.82) is 0 Å². The Hall–Kier alpha value is -2.63. The van der Waals surface area contributed by atoms with Gasteiger partial charge in [0.1, 0.15) is 0 Å². The van der Waals surface area contributed by atoms with Crippen LogP contribution in [0, 0.1) is 5.92 Å². The Kier molecular flexibility index (Phi) is 5.08. The maximum Gasteiger partial charge on any atom is 0.0650 e. The van der Waals surface area contributed by atoms with Crippen molar-refractivity contribution in [3.05, 3.63) is 66.0 Å². The molecule has 0 radical (unpaired) electrons. The normalized spacial score (nSPS) is 18.0. The molecule has 0 amide bonds. The van der Waals surface area contributed by atoms with Gasteiger partial charge in [0.15, 0.2) is 0 Å². The molecular weight excluding hydrogens is 360 g/mol. The summed E-state index contributed by atoms with van der Waals surface area (Å²) < 4.78 is 2.12. The van der Waals surface area contributed by atoms with Crippen molar-refractivity contribution >= 4 is 21.8 Å². The third kappa shape index (κ3) is 3.93. The number of benzene rings is 2. The van der Waals surface area contributed by atoms with Crippen LogP contribution in [-0.4, -0.2) is 44.5 Å². The van der Waals surface area contributed by atoms with Crippen molar-refractivity contribution in [3.63, 3.8) is 0 Å². The quantitative estimate of drug-likeness (QED) is 0.526. The topological polar surface area (TPSA) is 57.1 Å². The Labute approximate surface area is 171 Å². The summed E-state index contributed by atoms with van der Waals surface area (Å²) in [5.41, 5.74) is 5.10. The summed E-state index contributed by atoms with van der Waals surface area (Å²) in [6.45, 7) is 4.18. The van der Waals surface area contributed by atoms with Gasteiger partial charge in [-0.25, -0.2) is 0 Å². The third-order valence-electron chi connectivity index (χ3n) is 6.21. The highest BCUT2D eigenvalue weighted by atomic mass is 16.3. The Morgan fingerprint density at radius 1 is 1.07 bits per heavy atom. The first-order valence-electron chi connectivity index (χ1n) is 10.6. The molecule has 0 unspecified atom stereocenters. The number of piperidine rings is 1. The summed E-state index contributed by atoms with van der Waals surface area (Å²) in [5, 5.41) is 18.8. The van der Waals surface area contributed by atoms with E-state index in [0.717, 1.165) is 25.0 Å². The first-order valence-corrected chi connectivity index (χ1v) is 10.6. The van der Waals surface area contributed by atoms with Crippen molar-refractivity contribution in [2.24, 2.45) is 5.92 Å². The molecule has 5 nitrogen and oxygen atoms in total. The van der Waals surface area contributed by atoms with E-state index >= 15 is 0 Å². The van der Waals surface area contributed by atoms with Gasteiger partial charge in [-0.05, 0) is 78.6 Å². The highest BCUT2D eigenvalue weighted by Gasteiger charge is 2.20. The van der Waals surface area contributed by atoms with Crippen molar-refractivity contribution in [1.82, 2.24) is 19.7 Å². The Balaban J connectivity index is 1.25. The van der Waals surface area contributed by atoms with Gasteiger partial charge in [-0.2, -0.15) is 5.10 Å². The van der Waals surface area contributed by atoms with Gasteiger partial charge in [0.2, 0.25) is 0 Å². The van der Waals surface area contributed by atoms with Crippen molar-refractivity contribution in [2.45, 2.75) is 32.4 Å². The van der Waals surface area contributed by atoms with E-state index < -0.39 is 0 Å². The minimum absolute atomic E-state index is 0.175. The predicted octanol–water partition coefficient (Wildman–Crippen LogP) is 3.96. The van der Waals surface area contributed by atoms with Crippen LogP contribution < -0.4 is 0 Å². The lowest BCUT2D eigenvalue weighted by molar-refractivity contribution is 0.167. The number of hydrogen-bond donors (Lipinski definition) is 2. The second-order valence-corrected chi connectivity index (χ2v) is 8.37. The number of hydrogen-bond acceptors (Lipinski definition) is 3. The smallest absolute Gasteiger partial charge is 0.0650 e. The molecule has 0 saturated carbocycles. The SMILES string of the molecule is OCCn1ccc2cc(CN3CCC[C@@H](Cc4ccc5[nH]ncc5c4)C3)ccc21. The summed E-state index contributed by atoms with van der Waals surface area (Å²) in [5.74, 6) is 0.711. The molecule has 2 N–H and O–H groups in total. The third-order valence-corrected chi connectivity index (χ3v) is 6.21. The number of aliphatic hydroxyl groups excluding tert-OH is 1. The predicted molar refractivity (Wildman–Crippen MR) is 117 cm³/mol. The number of likely N-dealkylation sites (tertiary alicyclic amines) is 1. The summed E-state index contributed by atoms with van der Waals surface area (Å²) in [6, 6.07) is 15.6. The largest absolute Gasteiger partial charge is 0.395 e. The Morgan fingerprint density at radius 2 is 1.97 bits per heavy atom. The van der Waals surface area contributed by atoms with Gasteiger partial charge in [-0.1, -0.05) is 12.1 Å². The molecule has 1 aliphatic rings. The number of nitrogens with one attached hydrogen (secondary N) is 1. The maximum atomic E-state index is 9.21. The number of aliphatic hydroxyl groups is 1. The molecule has 0 bridgehead atoms. The Morgan fingerprint density at radius 3 is 2.90 bits per heavy atom. The highest BCUT2D eigenvalue weighted by Crippen LogP contribution is 2.25. The van der Waals surface area contributed by atoms with Crippen LogP contribution in [0.2, 0.25) is 0 Å². The average molecular weight is 389 g/mol. The van der Waals surface area contributed by atoms with Crippen LogP contribution in [0.1, 0.15) is 24.0 Å². The molecule has 4 aromatic rings. The van der Waals surface area contributed by atoms with Gasteiger partial charge in [0.05, 0.1) is 18.3 Å². The van der Waals surface area contributed by atoms with Crippen molar-refractivity contribution in [3.8, 4) is 0 Å². The molecule has 0 spiro atoms. The molecule has 2 aromatic carbocycles. The lowest BCUT2D eigenvalue weighted by Crippen LogP contribution is -2.35. The maximum absolute atomic E-state index is 9.21. The van der Waals surface area contributed by atoms with Crippen LogP contribution in [0.25, 0.3) is 21.8 Å². The molecule has 2 aromatic heterocycles. The minimum atomic E-state index is 0.175. The highest BCUT2D eigenvalue weighted by molar-refractivity contribution is 5.81. The molecule has 1 atom stereocenters. The number of aromatic amines is 1. The molecule has 1 aliphatic heterocycles. The number of nitrogens with zero attached hydrogens (tertiary/aromatic N) is 3. The average Bonchev–Trinajstić information content (AvgIpc) is 3.35. The van der Waals surface area contributed by atoms with Crippen LogP contribution >= 0.6 is 0 Å². The van der Waals surface area contributed by atoms with Gasteiger partial charge in [0, 0.05) is 36.7 Å². The van der Waals surface area contributed by atoms with Crippen molar-refractivity contribution in [2.75, 3.05) is 19.7 Å². The summed E-state index contributed by atoms with van der Waals surface area (Å²) >= 11 is 0. The van der Waals surface area contributed by atoms with Gasteiger partial charge >= 0.3 is 0 Å². The molecule has 150 valence electrons. The van der Waals surface area contributed by atoms with E-state index in [1.54, 1.807) is 0 Å². The zero-order chi connectivity index (χ0) is 19.6. The number of fused-ring (bicyclic) bond motifs is 2.